The molecular weight excluding hydrogens is 224 g/mol. The van der Waals surface area contributed by atoms with Gasteiger partial charge in [-0.2, -0.15) is 0 Å². The van der Waals surface area contributed by atoms with E-state index in [1.165, 1.54) is 12.8 Å². The van der Waals surface area contributed by atoms with E-state index in [1.807, 2.05) is 0 Å². The third kappa shape index (κ3) is 2.45. The summed E-state index contributed by atoms with van der Waals surface area (Å²) in [5.74, 6) is 0.809. The zero-order valence-corrected chi connectivity index (χ0v) is 12.1. The van der Waals surface area contributed by atoms with E-state index >= 15 is 0 Å². The highest BCUT2D eigenvalue weighted by molar-refractivity contribution is 5.03. The smallest absolute Gasteiger partial charge is 0.0740 e. The third-order valence-corrected chi connectivity index (χ3v) is 5.74. The molecule has 0 radical (unpaired) electrons. The molecule has 0 aromatic rings. The Morgan fingerprint density at radius 3 is 2.17 bits per heavy atom. The first kappa shape index (κ1) is 14.3. The first-order valence-electron chi connectivity index (χ1n) is 7.70. The van der Waals surface area contributed by atoms with Crippen molar-refractivity contribution in [2.24, 2.45) is 17.1 Å². The molecule has 1 aliphatic carbocycles. The van der Waals surface area contributed by atoms with Gasteiger partial charge in [0.25, 0.3) is 0 Å². The molecule has 3 heteroatoms. The lowest BCUT2D eigenvalue weighted by Gasteiger charge is -2.53. The molecule has 0 aromatic heterocycles. The van der Waals surface area contributed by atoms with Crippen LogP contribution in [-0.4, -0.2) is 41.8 Å². The van der Waals surface area contributed by atoms with Crippen molar-refractivity contribution in [1.82, 2.24) is 4.90 Å². The lowest BCUT2D eigenvalue weighted by molar-refractivity contribution is -0.135. The summed E-state index contributed by atoms with van der Waals surface area (Å²) in [6.07, 6.45) is 6.52. The van der Waals surface area contributed by atoms with Crippen molar-refractivity contribution in [2.45, 2.75) is 58.0 Å². The summed E-state index contributed by atoms with van der Waals surface area (Å²) in [6.45, 7) is 8.34. The molecule has 1 saturated carbocycles. The summed E-state index contributed by atoms with van der Waals surface area (Å²) in [7, 11) is 0. The quantitative estimate of drug-likeness (QED) is 0.810. The van der Waals surface area contributed by atoms with Crippen LogP contribution in [0.1, 0.15) is 52.4 Å². The van der Waals surface area contributed by atoms with Crippen LogP contribution >= 0.6 is 0 Å². The van der Waals surface area contributed by atoms with Gasteiger partial charge in [-0.3, -0.25) is 0 Å². The van der Waals surface area contributed by atoms with Crippen LogP contribution in [0.5, 0.6) is 0 Å². The minimum Gasteiger partial charge on any atom is -0.389 e. The second-order valence-corrected chi connectivity index (χ2v) is 6.63. The van der Waals surface area contributed by atoms with Crippen LogP contribution in [0.4, 0.5) is 0 Å². The molecule has 18 heavy (non-hydrogen) atoms. The SMILES string of the molecule is CCN1CCC(O)(C2(CN)CCC(C)CC2)CC1. The molecule has 106 valence electrons. The number of aliphatic hydroxyl groups is 1. The number of rotatable bonds is 3. The summed E-state index contributed by atoms with van der Waals surface area (Å²) in [4.78, 5) is 2.43. The lowest BCUT2D eigenvalue weighted by atomic mass is 9.58. The molecule has 3 N–H and O–H groups in total. The van der Waals surface area contributed by atoms with Crippen LogP contribution in [0, 0.1) is 11.3 Å². The summed E-state index contributed by atoms with van der Waals surface area (Å²) in [5.41, 5.74) is 5.59. The maximum atomic E-state index is 11.1. The van der Waals surface area contributed by atoms with Crippen LogP contribution < -0.4 is 5.73 Å². The van der Waals surface area contributed by atoms with Crippen LogP contribution in [0.25, 0.3) is 0 Å². The van der Waals surface area contributed by atoms with Gasteiger partial charge in [0.15, 0.2) is 0 Å². The Kier molecular flexibility index (Phi) is 4.35. The van der Waals surface area contributed by atoms with Crippen LogP contribution in [-0.2, 0) is 0 Å². The maximum Gasteiger partial charge on any atom is 0.0740 e. The fraction of sp³-hybridized carbons (Fsp3) is 1.00. The number of nitrogens with zero attached hydrogens (tertiary/aromatic N) is 1. The minimum absolute atomic E-state index is 0.000653. The summed E-state index contributed by atoms with van der Waals surface area (Å²) < 4.78 is 0. The molecule has 1 aliphatic heterocycles. The monoisotopic (exact) mass is 254 g/mol. The molecule has 2 fully saturated rings. The second kappa shape index (κ2) is 5.48. The molecule has 0 bridgehead atoms. The zero-order valence-electron chi connectivity index (χ0n) is 12.1. The Morgan fingerprint density at radius 1 is 1.17 bits per heavy atom. The highest BCUT2D eigenvalue weighted by atomic mass is 16.3. The fourth-order valence-electron chi connectivity index (χ4n) is 3.94. The summed E-state index contributed by atoms with van der Waals surface area (Å²) in [5, 5.41) is 11.1. The van der Waals surface area contributed by atoms with Gasteiger partial charge in [0.2, 0.25) is 0 Å². The molecule has 0 unspecified atom stereocenters. The third-order valence-electron chi connectivity index (χ3n) is 5.74. The molecule has 1 heterocycles. The Morgan fingerprint density at radius 2 is 1.72 bits per heavy atom. The van der Waals surface area contributed by atoms with Gasteiger partial charge in [-0.15, -0.1) is 0 Å². The predicted octanol–water partition coefficient (Wildman–Crippen LogP) is 1.99. The highest BCUT2D eigenvalue weighted by Crippen LogP contribution is 2.49. The predicted molar refractivity (Wildman–Crippen MR) is 75.4 cm³/mol. The molecule has 1 saturated heterocycles. The van der Waals surface area contributed by atoms with E-state index in [2.05, 4.69) is 18.7 Å². The van der Waals surface area contributed by atoms with Crippen LogP contribution in [0.2, 0.25) is 0 Å². The van der Waals surface area contributed by atoms with E-state index in [9.17, 15) is 5.11 Å². The molecule has 2 rings (SSSR count). The van der Waals surface area contributed by atoms with Crippen molar-refractivity contribution >= 4 is 0 Å². The van der Waals surface area contributed by atoms with Crippen molar-refractivity contribution in [3.63, 3.8) is 0 Å². The van der Waals surface area contributed by atoms with Gasteiger partial charge < -0.3 is 15.7 Å². The molecule has 0 spiro atoms. The van der Waals surface area contributed by atoms with Crippen molar-refractivity contribution in [1.29, 1.82) is 0 Å². The molecule has 0 atom stereocenters. The fourth-order valence-corrected chi connectivity index (χ4v) is 3.94. The highest BCUT2D eigenvalue weighted by Gasteiger charge is 2.51. The number of likely N-dealkylation sites (tertiary alicyclic amines) is 1. The molecule has 0 aromatic carbocycles. The summed E-state index contributed by atoms with van der Waals surface area (Å²) >= 11 is 0. The van der Waals surface area contributed by atoms with E-state index in [0.717, 1.165) is 51.2 Å². The van der Waals surface area contributed by atoms with E-state index in [0.29, 0.717) is 6.54 Å². The van der Waals surface area contributed by atoms with Gasteiger partial charge >= 0.3 is 0 Å². The number of hydrogen-bond donors (Lipinski definition) is 2. The molecule has 2 aliphatic rings. The van der Waals surface area contributed by atoms with Crippen molar-refractivity contribution in [3.05, 3.63) is 0 Å². The van der Waals surface area contributed by atoms with Crippen LogP contribution in [0.15, 0.2) is 0 Å². The van der Waals surface area contributed by atoms with Gasteiger partial charge in [0.05, 0.1) is 5.60 Å². The largest absolute Gasteiger partial charge is 0.389 e. The van der Waals surface area contributed by atoms with E-state index in [1.54, 1.807) is 0 Å². The summed E-state index contributed by atoms with van der Waals surface area (Å²) in [6, 6.07) is 0. The Labute approximate surface area is 112 Å². The molecule has 0 amide bonds. The first-order valence-corrected chi connectivity index (χ1v) is 7.70. The van der Waals surface area contributed by atoms with Crippen molar-refractivity contribution < 1.29 is 5.11 Å². The van der Waals surface area contributed by atoms with Crippen molar-refractivity contribution in [3.8, 4) is 0 Å². The lowest BCUT2D eigenvalue weighted by Crippen LogP contribution is -2.58. The molecule has 3 nitrogen and oxygen atoms in total. The van der Waals surface area contributed by atoms with Gasteiger partial charge in [-0.1, -0.05) is 26.7 Å². The number of nitrogens with two attached hydrogens (primary N) is 1. The van der Waals surface area contributed by atoms with Gasteiger partial charge in [0.1, 0.15) is 0 Å². The van der Waals surface area contributed by atoms with E-state index < -0.39 is 5.60 Å². The maximum absolute atomic E-state index is 11.1. The van der Waals surface area contributed by atoms with Gasteiger partial charge in [-0.05, 0) is 38.1 Å². The normalized spacial score (nSPS) is 37.7. The number of piperidine rings is 1. The second-order valence-electron chi connectivity index (χ2n) is 6.63. The zero-order chi connectivity index (χ0) is 13.2. The average molecular weight is 254 g/mol. The van der Waals surface area contributed by atoms with Crippen molar-refractivity contribution in [2.75, 3.05) is 26.2 Å². The number of hydrogen-bond acceptors (Lipinski definition) is 3. The average Bonchev–Trinajstić information content (AvgIpc) is 2.41. The standard InChI is InChI=1S/C15H30N2O/c1-3-17-10-8-15(18,9-11-17)14(12-16)6-4-13(2)5-7-14/h13,18H,3-12,16H2,1-2H3. The Balaban J connectivity index is 2.07. The first-order chi connectivity index (χ1) is 8.55. The Bertz CT molecular complexity index is 264. The van der Waals surface area contributed by atoms with Crippen LogP contribution in [0.3, 0.4) is 0 Å². The van der Waals surface area contributed by atoms with E-state index in [-0.39, 0.29) is 5.41 Å². The minimum atomic E-state index is -0.506. The van der Waals surface area contributed by atoms with Gasteiger partial charge in [-0.25, -0.2) is 0 Å². The Hall–Kier alpha value is -0.120. The van der Waals surface area contributed by atoms with Gasteiger partial charge in [0, 0.05) is 25.0 Å². The topological polar surface area (TPSA) is 49.5 Å². The van der Waals surface area contributed by atoms with E-state index in [4.69, 9.17) is 5.73 Å². The molecular formula is C15H30N2O.